The summed E-state index contributed by atoms with van der Waals surface area (Å²) in [6, 6.07) is 0. The zero-order valence-electron chi connectivity index (χ0n) is 18.6. The summed E-state index contributed by atoms with van der Waals surface area (Å²) in [7, 11) is -3.55. The smallest absolute Gasteiger partial charge is 0.251 e. The van der Waals surface area contributed by atoms with Crippen LogP contribution < -0.4 is 10.0 Å². The first-order chi connectivity index (χ1) is 13.4. The molecule has 0 saturated carbocycles. The predicted molar refractivity (Wildman–Crippen MR) is 124 cm³/mol. The van der Waals surface area contributed by atoms with Crippen molar-refractivity contribution in [2.24, 2.45) is 5.92 Å². The van der Waals surface area contributed by atoms with Crippen LogP contribution in [0.5, 0.6) is 0 Å². The normalized spacial score (nSPS) is 14.8. The van der Waals surface area contributed by atoms with E-state index in [0.29, 0.717) is 18.0 Å². The average Bonchev–Trinajstić information content (AvgIpc) is 2.62. The number of allylic oxidation sites excluding steroid dienone is 6. The number of sulfonamides is 1. The minimum atomic E-state index is -3.55. The molecule has 5 nitrogen and oxygen atoms in total. The van der Waals surface area contributed by atoms with Gasteiger partial charge in [0.05, 0.1) is 4.75 Å². The third-order valence-corrected chi connectivity index (χ3v) is 6.43. The highest BCUT2D eigenvalue weighted by molar-refractivity contribution is 7.90. The molecule has 1 unspecified atom stereocenters. The lowest BCUT2D eigenvalue weighted by Gasteiger charge is -2.20. The van der Waals surface area contributed by atoms with Crippen LogP contribution in [0.4, 0.5) is 0 Å². The molecule has 0 fully saturated rings. The third-order valence-electron chi connectivity index (χ3n) is 4.29. The monoisotopic (exact) mass is 420 g/mol. The summed E-state index contributed by atoms with van der Waals surface area (Å²) in [4.78, 5) is 12.3. The maximum atomic E-state index is 12.3. The molecule has 0 heterocycles. The first-order valence-corrected chi connectivity index (χ1v) is 11.2. The Morgan fingerprint density at radius 1 is 1.17 bits per heavy atom. The first kappa shape index (κ1) is 26.7. The highest BCUT2D eigenvalue weighted by Crippen LogP contribution is 2.16. The number of hydrogen-bond donors (Lipinski definition) is 2. The Balaban J connectivity index is 4.90. The molecule has 0 aromatic carbocycles. The maximum absolute atomic E-state index is 12.3. The van der Waals surface area contributed by atoms with E-state index in [1.807, 2.05) is 18.2 Å². The average molecular weight is 421 g/mol. The molecule has 1 amide bonds. The van der Waals surface area contributed by atoms with E-state index >= 15 is 0 Å². The van der Waals surface area contributed by atoms with Gasteiger partial charge in [0.1, 0.15) is 0 Å². The zero-order valence-corrected chi connectivity index (χ0v) is 19.4. The van der Waals surface area contributed by atoms with Gasteiger partial charge in [-0.25, -0.2) is 8.42 Å². The number of carbonyl (C=O) groups excluding carboxylic acids is 1. The summed E-state index contributed by atoms with van der Waals surface area (Å²) in [5.41, 5.74) is 1.77. The molecule has 0 rings (SSSR count). The van der Waals surface area contributed by atoms with E-state index in [1.165, 1.54) is 12.2 Å². The lowest BCUT2D eigenvalue weighted by atomic mass is 9.97. The number of nitrogens with one attached hydrogen (secondary N) is 2. The van der Waals surface area contributed by atoms with Gasteiger partial charge in [0.25, 0.3) is 5.91 Å². The molecule has 2 N–H and O–H groups in total. The predicted octanol–water partition coefficient (Wildman–Crippen LogP) is 4.55. The molecular formula is C23H36N2O3S. The lowest BCUT2D eigenvalue weighted by molar-refractivity contribution is -0.117. The van der Waals surface area contributed by atoms with E-state index in [2.05, 4.69) is 37.0 Å². The van der Waals surface area contributed by atoms with Crippen molar-refractivity contribution in [2.75, 3.05) is 6.54 Å². The molecule has 0 aliphatic rings. The van der Waals surface area contributed by atoms with Gasteiger partial charge in [-0.3, -0.25) is 9.52 Å². The lowest BCUT2D eigenvalue weighted by Crippen LogP contribution is -2.38. The van der Waals surface area contributed by atoms with Crippen molar-refractivity contribution >= 4 is 15.9 Å². The van der Waals surface area contributed by atoms with Gasteiger partial charge in [-0.15, -0.1) is 0 Å². The fourth-order valence-electron chi connectivity index (χ4n) is 2.06. The molecule has 0 aliphatic carbocycles. The molecule has 0 bridgehead atoms. The van der Waals surface area contributed by atoms with Crippen LogP contribution in [0.25, 0.3) is 0 Å². The topological polar surface area (TPSA) is 75.3 Å². The van der Waals surface area contributed by atoms with E-state index in [1.54, 1.807) is 39.8 Å². The molecule has 162 valence electrons. The van der Waals surface area contributed by atoms with Crippen molar-refractivity contribution < 1.29 is 13.2 Å². The van der Waals surface area contributed by atoms with E-state index < -0.39 is 14.8 Å². The van der Waals surface area contributed by atoms with E-state index in [4.69, 9.17) is 0 Å². The van der Waals surface area contributed by atoms with Gasteiger partial charge in [0, 0.05) is 17.8 Å². The van der Waals surface area contributed by atoms with Crippen molar-refractivity contribution in [3.63, 3.8) is 0 Å². The molecule has 6 heteroatoms. The van der Waals surface area contributed by atoms with Crippen molar-refractivity contribution in [1.82, 2.24) is 10.0 Å². The van der Waals surface area contributed by atoms with Crippen LogP contribution in [0.2, 0.25) is 0 Å². The molecule has 0 aliphatic heterocycles. The highest BCUT2D eigenvalue weighted by Gasteiger charge is 2.28. The number of rotatable bonds is 11. The summed E-state index contributed by atoms with van der Waals surface area (Å²) in [6.07, 6.45) is 13.3. The SMILES string of the molecule is C=C/C=C(\C=C/CNC(=O)C(/C=C\C(=C)NS(=O)(=O)C(C)(C)C)=C/C)C(C)CC. The fraction of sp³-hybridized carbons (Fsp3) is 0.435. The van der Waals surface area contributed by atoms with Gasteiger partial charge in [-0.05, 0) is 57.8 Å². The molecular weight excluding hydrogens is 384 g/mol. The Kier molecular flexibility index (Phi) is 11.3. The summed E-state index contributed by atoms with van der Waals surface area (Å²) in [6.45, 7) is 18.6. The Morgan fingerprint density at radius 2 is 1.79 bits per heavy atom. The molecule has 1 atom stereocenters. The molecule has 29 heavy (non-hydrogen) atoms. The van der Waals surface area contributed by atoms with Crippen LogP contribution in [-0.4, -0.2) is 25.6 Å². The number of carbonyl (C=O) groups is 1. The van der Waals surface area contributed by atoms with E-state index in [9.17, 15) is 13.2 Å². The molecule has 0 spiro atoms. The van der Waals surface area contributed by atoms with Gasteiger partial charge in [-0.2, -0.15) is 0 Å². The quantitative estimate of drug-likeness (QED) is 0.380. The largest absolute Gasteiger partial charge is 0.349 e. The first-order valence-electron chi connectivity index (χ1n) is 9.72. The van der Waals surface area contributed by atoms with Gasteiger partial charge in [-0.1, -0.05) is 57.4 Å². The molecule has 0 saturated heterocycles. The minimum absolute atomic E-state index is 0.194. The van der Waals surface area contributed by atoms with E-state index in [-0.39, 0.29) is 11.6 Å². The maximum Gasteiger partial charge on any atom is 0.251 e. The van der Waals surface area contributed by atoms with Crippen LogP contribution in [0.1, 0.15) is 48.0 Å². The van der Waals surface area contributed by atoms with Crippen LogP contribution in [0.3, 0.4) is 0 Å². The van der Waals surface area contributed by atoms with Crippen LogP contribution in [0, 0.1) is 5.92 Å². The summed E-state index contributed by atoms with van der Waals surface area (Å²) in [5.74, 6) is 0.162. The van der Waals surface area contributed by atoms with Crippen LogP contribution in [0.15, 0.2) is 72.5 Å². The minimum Gasteiger partial charge on any atom is -0.349 e. The number of amides is 1. The third kappa shape index (κ3) is 9.61. The van der Waals surface area contributed by atoms with E-state index in [0.717, 1.165) is 12.0 Å². The Labute approximate surface area is 177 Å². The van der Waals surface area contributed by atoms with Crippen molar-refractivity contribution in [2.45, 2.75) is 52.7 Å². The van der Waals surface area contributed by atoms with Crippen molar-refractivity contribution in [1.29, 1.82) is 0 Å². The van der Waals surface area contributed by atoms with Crippen LogP contribution in [-0.2, 0) is 14.8 Å². The van der Waals surface area contributed by atoms with Crippen molar-refractivity contribution in [3.05, 3.63) is 72.5 Å². The second-order valence-electron chi connectivity index (χ2n) is 7.64. The second-order valence-corrected chi connectivity index (χ2v) is 10.1. The second kappa shape index (κ2) is 12.3. The van der Waals surface area contributed by atoms with Crippen LogP contribution >= 0.6 is 0 Å². The highest BCUT2D eigenvalue weighted by atomic mass is 32.2. The van der Waals surface area contributed by atoms with Crippen molar-refractivity contribution in [3.8, 4) is 0 Å². The number of hydrogen-bond acceptors (Lipinski definition) is 3. The molecule has 0 aromatic rings. The van der Waals surface area contributed by atoms with Gasteiger partial charge in [0.2, 0.25) is 10.0 Å². The van der Waals surface area contributed by atoms with Gasteiger partial charge in [0.15, 0.2) is 0 Å². The fourth-order valence-corrected chi connectivity index (χ4v) is 2.78. The standard InChI is InChI=1S/C23H36N2O3S/c1-9-13-21(18(4)10-2)14-12-17-24-22(26)20(11-3)16-15-19(5)25-29(27,28)23(6,7)8/h9,11-16,18,25H,1,5,10,17H2,2-4,6-8H3,(H,24,26)/b14-12-,16-15-,20-11+,21-13+. The Morgan fingerprint density at radius 3 is 2.28 bits per heavy atom. The Hall–Kier alpha value is -2.34. The molecule has 0 radical (unpaired) electrons. The van der Waals surface area contributed by atoms with Gasteiger partial charge < -0.3 is 5.32 Å². The zero-order chi connectivity index (χ0) is 22.7. The summed E-state index contributed by atoms with van der Waals surface area (Å²) >= 11 is 0. The van der Waals surface area contributed by atoms with Gasteiger partial charge >= 0.3 is 0 Å². The Bertz CT molecular complexity index is 808. The summed E-state index contributed by atoms with van der Waals surface area (Å²) < 4.78 is 25.7. The molecule has 0 aromatic heterocycles. The summed E-state index contributed by atoms with van der Waals surface area (Å²) in [5, 5.41) is 2.82.